The van der Waals surface area contributed by atoms with Crippen LogP contribution < -0.4 is 5.32 Å². The maximum Gasteiger partial charge on any atom is 0.0636 e. The van der Waals surface area contributed by atoms with Gasteiger partial charge in [-0.1, -0.05) is 0 Å². The summed E-state index contributed by atoms with van der Waals surface area (Å²) >= 11 is 0. The molecule has 0 aromatic carbocycles. The highest BCUT2D eigenvalue weighted by molar-refractivity contribution is 4.51. The number of hydrogen-bond acceptors (Lipinski definition) is 2. The Bertz CT molecular complexity index is 37.1. The molecular formula is C5H11NO. The van der Waals surface area contributed by atoms with Crippen LogP contribution in [0.15, 0.2) is 0 Å². The van der Waals surface area contributed by atoms with Crippen molar-refractivity contribution in [1.82, 2.24) is 5.32 Å². The van der Waals surface area contributed by atoms with Crippen LogP contribution in [0.5, 0.6) is 0 Å². The van der Waals surface area contributed by atoms with Crippen molar-refractivity contribution in [3.63, 3.8) is 0 Å². The van der Waals surface area contributed by atoms with E-state index in [9.17, 15) is 0 Å². The SMILES string of the molecule is [CH]CNCC(C)O. The predicted octanol–water partition coefficient (Wildman–Crippen LogP) is -0.332. The predicted molar refractivity (Wildman–Crippen MR) is 28.9 cm³/mol. The minimum atomic E-state index is -0.288. The van der Waals surface area contributed by atoms with Crippen molar-refractivity contribution >= 4 is 0 Å². The minimum Gasteiger partial charge on any atom is -0.392 e. The molecule has 0 bridgehead atoms. The molecule has 0 fully saturated rings. The van der Waals surface area contributed by atoms with E-state index in [0.29, 0.717) is 13.1 Å². The quantitative estimate of drug-likeness (QED) is 0.510. The van der Waals surface area contributed by atoms with Crippen LogP contribution in [-0.2, 0) is 0 Å². The Balaban J connectivity index is 2.68. The second-order valence-corrected chi connectivity index (χ2v) is 1.51. The zero-order valence-corrected chi connectivity index (χ0v) is 4.52. The van der Waals surface area contributed by atoms with E-state index in [1.54, 1.807) is 6.92 Å². The second kappa shape index (κ2) is 4.09. The van der Waals surface area contributed by atoms with Gasteiger partial charge in [0.15, 0.2) is 0 Å². The highest BCUT2D eigenvalue weighted by Gasteiger charge is 1.88. The van der Waals surface area contributed by atoms with Crippen LogP contribution in [0, 0.1) is 6.92 Å². The van der Waals surface area contributed by atoms with Gasteiger partial charge in [-0.15, -0.1) is 0 Å². The van der Waals surface area contributed by atoms with Crippen LogP contribution in [-0.4, -0.2) is 24.3 Å². The van der Waals surface area contributed by atoms with Gasteiger partial charge in [0.25, 0.3) is 0 Å². The van der Waals surface area contributed by atoms with Crippen molar-refractivity contribution in [2.45, 2.75) is 13.0 Å². The minimum absolute atomic E-state index is 0.288. The van der Waals surface area contributed by atoms with E-state index in [0.717, 1.165) is 0 Å². The van der Waals surface area contributed by atoms with Crippen LogP contribution in [0.4, 0.5) is 0 Å². The van der Waals surface area contributed by atoms with Crippen molar-refractivity contribution in [2.75, 3.05) is 13.1 Å². The lowest BCUT2D eigenvalue weighted by Gasteiger charge is -2.01. The Morgan fingerprint density at radius 2 is 2.43 bits per heavy atom. The summed E-state index contributed by atoms with van der Waals surface area (Å²) in [6.45, 7) is 7.78. The zero-order valence-electron chi connectivity index (χ0n) is 4.52. The van der Waals surface area contributed by atoms with Crippen molar-refractivity contribution in [2.24, 2.45) is 0 Å². The summed E-state index contributed by atoms with van der Waals surface area (Å²) in [5, 5.41) is 11.3. The van der Waals surface area contributed by atoms with Crippen LogP contribution in [0.3, 0.4) is 0 Å². The lowest BCUT2D eigenvalue weighted by molar-refractivity contribution is 0.193. The Kier molecular flexibility index (Phi) is 4.04. The van der Waals surface area contributed by atoms with Gasteiger partial charge in [0.2, 0.25) is 0 Å². The topological polar surface area (TPSA) is 32.3 Å². The van der Waals surface area contributed by atoms with E-state index >= 15 is 0 Å². The van der Waals surface area contributed by atoms with Crippen molar-refractivity contribution < 1.29 is 5.11 Å². The van der Waals surface area contributed by atoms with Gasteiger partial charge in [-0.25, -0.2) is 0 Å². The summed E-state index contributed by atoms with van der Waals surface area (Å²) < 4.78 is 0. The molecule has 0 heterocycles. The molecule has 2 N–H and O–H groups in total. The van der Waals surface area contributed by atoms with Crippen molar-refractivity contribution in [3.8, 4) is 0 Å². The van der Waals surface area contributed by atoms with Gasteiger partial charge in [-0.2, -0.15) is 0 Å². The lowest BCUT2D eigenvalue weighted by Crippen LogP contribution is -2.23. The summed E-state index contributed by atoms with van der Waals surface area (Å²) in [6.07, 6.45) is -0.288. The third-order valence-corrected chi connectivity index (χ3v) is 0.584. The molecule has 0 aliphatic heterocycles. The Hall–Kier alpha value is -0.0800. The van der Waals surface area contributed by atoms with Gasteiger partial charge in [-0.05, 0) is 20.4 Å². The molecular weight excluding hydrogens is 90.1 g/mol. The second-order valence-electron chi connectivity index (χ2n) is 1.51. The monoisotopic (exact) mass is 101 g/mol. The molecule has 0 saturated carbocycles. The molecule has 0 rings (SSSR count). The summed E-state index contributed by atoms with van der Waals surface area (Å²) in [6, 6.07) is 0. The molecule has 0 aromatic rings. The molecule has 1 atom stereocenters. The molecule has 0 aliphatic carbocycles. The molecule has 0 amide bonds. The zero-order chi connectivity index (χ0) is 5.70. The van der Waals surface area contributed by atoms with Gasteiger partial charge >= 0.3 is 0 Å². The van der Waals surface area contributed by atoms with Crippen LogP contribution in [0.2, 0.25) is 0 Å². The molecule has 0 saturated heterocycles. The first-order valence-corrected chi connectivity index (χ1v) is 2.36. The smallest absolute Gasteiger partial charge is 0.0636 e. The summed E-state index contributed by atoms with van der Waals surface area (Å²) in [4.78, 5) is 0. The molecule has 0 aromatic heterocycles. The maximum absolute atomic E-state index is 8.57. The van der Waals surface area contributed by atoms with Crippen LogP contribution in [0.25, 0.3) is 0 Å². The highest BCUT2D eigenvalue weighted by atomic mass is 16.3. The molecule has 2 heteroatoms. The summed E-state index contributed by atoms with van der Waals surface area (Å²) in [5.74, 6) is 0. The molecule has 0 spiro atoms. The first kappa shape index (κ1) is 6.92. The standard InChI is InChI=1S/C5H11NO/c1-3-6-4-5(2)7/h1,5-7H,3-4H2,2H3. The molecule has 7 heavy (non-hydrogen) atoms. The number of nitrogens with one attached hydrogen (secondary N) is 1. The van der Waals surface area contributed by atoms with Gasteiger partial charge in [0, 0.05) is 6.54 Å². The molecule has 1 unspecified atom stereocenters. The third kappa shape index (κ3) is 5.92. The number of hydrogen-bond donors (Lipinski definition) is 2. The van der Waals surface area contributed by atoms with E-state index in [2.05, 4.69) is 5.32 Å². The Morgan fingerprint density at radius 1 is 1.86 bits per heavy atom. The third-order valence-electron chi connectivity index (χ3n) is 0.584. The molecule has 2 radical (unpaired) electrons. The summed E-state index contributed by atoms with van der Waals surface area (Å²) in [7, 11) is 0. The fourth-order valence-electron chi connectivity index (χ4n) is 0.292. The fourth-order valence-corrected chi connectivity index (χ4v) is 0.292. The normalized spacial score (nSPS) is 14.1. The van der Waals surface area contributed by atoms with Gasteiger partial charge in [0.05, 0.1) is 6.10 Å². The van der Waals surface area contributed by atoms with Gasteiger partial charge < -0.3 is 10.4 Å². The number of aliphatic hydroxyl groups excluding tert-OH is 1. The van der Waals surface area contributed by atoms with E-state index in [4.69, 9.17) is 12.0 Å². The average Bonchev–Trinajstić information content (AvgIpc) is 1.61. The first-order valence-electron chi connectivity index (χ1n) is 2.36. The fraction of sp³-hybridized carbons (Fsp3) is 0.800. The van der Waals surface area contributed by atoms with E-state index in [-0.39, 0.29) is 6.10 Å². The number of aliphatic hydroxyl groups is 1. The van der Waals surface area contributed by atoms with Gasteiger partial charge in [-0.3, -0.25) is 0 Å². The van der Waals surface area contributed by atoms with E-state index in [1.807, 2.05) is 0 Å². The molecule has 0 aliphatic rings. The average molecular weight is 101 g/mol. The highest BCUT2D eigenvalue weighted by Crippen LogP contribution is 1.71. The molecule has 42 valence electrons. The van der Waals surface area contributed by atoms with Crippen molar-refractivity contribution in [1.29, 1.82) is 0 Å². The van der Waals surface area contributed by atoms with Crippen molar-refractivity contribution in [3.05, 3.63) is 6.92 Å². The van der Waals surface area contributed by atoms with Crippen LogP contribution >= 0.6 is 0 Å². The van der Waals surface area contributed by atoms with E-state index in [1.165, 1.54) is 0 Å². The van der Waals surface area contributed by atoms with Gasteiger partial charge in [0.1, 0.15) is 0 Å². The first-order chi connectivity index (χ1) is 3.27. The molecule has 2 nitrogen and oxygen atoms in total. The Labute approximate surface area is 44.5 Å². The maximum atomic E-state index is 8.57. The largest absolute Gasteiger partial charge is 0.392 e. The van der Waals surface area contributed by atoms with E-state index < -0.39 is 0 Å². The number of rotatable bonds is 3. The summed E-state index contributed by atoms with van der Waals surface area (Å²) in [5.41, 5.74) is 0. The van der Waals surface area contributed by atoms with Crippen LogP contribution in [0.1, 0.15) is 6.92 Å². The Morgan fingerprint density at radius 3 is 2.57 bits per heavy atom. The lowest BCUT2D eigenvalue weighted by atomic mass is 10.4.